The molecular weight excluding hydrogens is 332 g/mol. The maximum atomic E-state index is 12.4. The number of thioether (sulfide) groups is 1. The molecule has 1 aromatic heterocycles. The molecule has 2 heterocycles. The van der Waals surface area contributed by atoms with E-state index in [4.69, 9.17) is 16.0 Å². The van der Waals surface area contributed by atoms with Crippen molar-refractivity contribution in [2.75, 3.05) is 6.54 Å². The van der Waals surface area contributed by atoms with Crippen LogP contribution in [0.1, 0.15) is 12.7 Å². The lowest BCUT2D eigenvalue weighted by atomic mass is 10.3. The number of carbonyl (C=O) groups is 1. The van der Waals surface area contributed by atoms with Gasteiger partial charge < -0.3 is 4.42 Å². The second-order valence-corrected chi connectivity index (χ2v) is 6.94. The second kappa shape index (κ2) is 7.06. The predicted octanol–water partition coefficient (Wildman–Crippen LogP) is 4.60. The van der Waals surface area contributed by atoms with Crippen molar-refractivity contribution < 1.29 is 9.21 Å². The van der Waals surface area contributed by atoms with Gasteiger partial charge in [-0.2, -0.15) is 0 Å². The molecule has 118 valence electrons. The Balaban J connectivity index is 1.79. The number of nitrogens with zero attached hydrogens (tertiary/aromatic N) is 2. The predicted molar refractivity (Wildman–Crippen MR) is 95.1 cm³/mol. The summed E-state index contributed by atoms with van der Waals surface area (Å²) >= 11 is 7.47. The summed E-state index contributed by atoms with van der Waals surface area (Å²) in [5.41, 5.74) is 0.777. The lowest BCUT2D eigenvalue weighted by Crippen LogP contribution is -2.30. The van der Waals surface area contributed by atoms with Crippen LogP contribution in [-0.4, -0.2) is 27.8 Å². The van der Waals surface area contributed by atoms with Gasteiger partial charge in [0.05, 0.1) is 12.0 Å². The van der Waals surface area contributed by atoms with Crippen molar-refractivity contribution in [2.24, 2.45) is 4.99 Å². The number of hydrogen-bond donors (Lipinski definition) is 0. The van der Waals surface area contributed by atoms with Gasteiger partial charge in [0.15, 0.2) is 5.17 Å². The quantitative estimate of drug-likeness (QED) is 0.763. The molecule has 1 amide bonds. The molecule has 1 aliphatic heterocycles. The first-order valence-corrected chi connectivity index (χ1v) is 8.41. The van der Waals surface area contributed by atoms with Crippen molar-refractivity contribution in [1.82, 2.24) is 4.90 Å². The number of carbonyl (C=O) groups excluding carboxylic acids is 1. The number of rotatable bonds is 3. The van der Waals surface area contributed by atoms with Gasteiger partial charge in [0.1, 0.15) is 5.76 Å². The van der Waals surface area contributed by atoms with Gasteiger partial charge in [0.2, 0.25) is 0 Å². The van der Waals surface area contributed by atoms with E-state index in [9.17, 15) is 4.79 Å². The van der Waals surface area contributed by atoms with Gasteiger partial charge in [-0.3, -0.25) is 9.69 Å². The van der Waals surface area contributed by atoms with Crippen molar-refractivity contribution in [2.45, 2.75) is 12.2 Å². The molecule has 1 saturated heterocycles. The first-order chi connectivity index (χ1) is 11.1. The van der Waals surface area contributed by atoms with Gasteiger partial charge in [-0.25, -0.2) is 4.99 Å². The fourth-order valence-electron chi connectivity index (χ4n) is 2.14. The molecule has 0 unspecified atom stereocenters. The minimum atomic E-state index is -0.106. The van der Waals surface area contributed by atoms with Gasteiger partial charge in [-0.15, -0.1) is 0 Å². The lowest BCUT2D eigenvalue weighted by molar-refractivity contribution is -0.122. The van der Waals surface area contributed by atoms with Gasteiger partial charge >= 0.3 is 0 Å². The second-order valence-electron chi connectivity index (χ2n) is 5.10. The van der Waals surface area contributed by atoms with E-state index >= 15 is 0 Å². The molecule has 4 nitrogen and oxygen atoms in total. The maximum Gasteiger partial charge on any atom is 0.252 e. The van der Waals surface area contributed by atoms with Crippen LogP contribution >= 0.6 is 23.4 Å². The van der Waals surface area contributed by atoms with Crippen LogP contribution in [0.5, 0.6) is 0 Å². The van der Waals surface area contributed by atoms with Crippen LogP contribution in [0.2, 0.25) is 5.02 Å². The zero-order valence-corrected chi connectivity index (χ0v) is 14.1. The Morgan fingerprint density at radius 3 is 2.87 bits per heavy atom. The Hall–Kier alpha value is -1.98. The molecule has 23 heavy (non-hydrogen) atoms. The molecule has 1 aromatic carbocycles. The lowest BCUT2D eigenvalue weighted by Gasteiger charge is -2.13. The van der Waals surface area contributed by atoms with Crippen LogP contribution < -0.4 is 0 Å². The standard InChI is InChI=1S/C17H15ClN2O2S/c1-12-11-20(16(21)9-8-15-3-2-10-22-15)17(23-12)19-14-6-4-13(18)5-7-14/h2-10,12H,11H2,1H3/b9-8+,19-17?/t12-/m1/s1. The SMILES string of the molecule is C[C@@H]1CN(C(=O)/C=C/c2ccco2)C(=Nc2ccc(Cl)cc2)S1. The smallest absolute Gasteiger partial charge is 0.252 e. The number of halogens is 1. The summed E-state index contributed by atoms with van der Waals surface area (Å²) in [7, 11) is 0. The first kappa shape index (κ1) is 15.9. The average Bonchev–Trinajstić information content (AvgIpc) is 3.17. The highest BCUT2D eigenvalue weighted by Crippen LogP contribution is 2.29. The zero-order chi connectivity index (χ0) is 16.2. The fraction of sp³-hybridized carbons (Fsp3) is 0.176. The molecule has 6 heteroatoms. The summed E-state index contributed by atoms with van der Waals surface area (Å²) in [4.78, 5) is 18.7. The van der Waals surface area contributed by atoms with Crippen LogP contribution in [0.3, 0.4) is 0 Å². The number of furan rings is 1. The van der Waals surface area contributed by atoms with E-state index in [0.717, 1.165) is 5.69 Å². The van der Waals surface area contributed by atoms with E-state index in [1.807, 2.05) is 12.1 Å². The highest BCUT2D eigenvalue weighted by atomic mass is 35.5. The molecule has 0 radical (unpaired) electrons. The van der Waals surface area contributed by atoms with E-state index in [1.165, 1.54) is 6.08 Å². The van der Waals surface area contributed by atoms with Gasteiger partial charge in [0.25, 0.3) is 5.91 Å². The summed E-state index contributed by atoms with van der Waals surface area (Å²) in [6.45, 7) is 2.71. The summed E-state index contributed by atoms with van der Waals surface area (Å²) in [6, 6.07) is 10.8. The van der Waals surface area contributed by atoms with Crippen LogP contribution in [0.25, 0.3) is 6.08 Å². The maximum absolute atomic E-state index is 12.4. The van der Waals surface area contributed by atoms with E-state index in [2.05, 4.69) is 11.9 Å². The Labute approximate surface area is 143 Å². The topological polar surface area (TPSA) is 45.8 Å². The largest absolute Gasteiger partial charge is 0.465 e. The number of aliphatic imine (C=N–C) groups is 1. The number of hydrogen-bond acceptors (Lipinski definition) is 4. The summed E-state index contributed by atoms with van der Waals surface area (Å²) in [6.07, 6.45) is 4.75. The van der Waals surface area contributed by atoms with Crippen LogP contribution in [-0.2, 0) is 4.79 Å². The Morgan fingerprint density at radius 1 is 1.39 bits per heavy atom. The minimum absolute atomic E-state index is 0.106. The van der Waals surface area contributed by atoms with Crippen molar-refractivity contribution in [3.05, 3.63) is 59.5 Å². The fourth-order valence-corrected chi connectivity index (χ4v) is 3.30. The van der Waals surface area contributed by atoms with Crippen molar-refractivity contribution in [1.29, 1.82) is 0 Å². The third-order valence-electron chi connectivity index (χ3n) is 3.23. The van der Waals surface area contributed by atoms with Crippen LogP contribution in [0, 0.1) is 0 Å². The monoisotopic (exact) mass is 346 g/mol. The van der Waals surface area contributed by atoms with E-state index in [0.29, 0.717) is 27.7 Å². The number of benzene rings is 1. The third-order valence-corrected chi connectivity index (χ3v) is 4.55. The molecular formula is C17H15ClN2O2S. The van der Waals surface area contributed by atoms with E-state index in [-0.39, 0.29) is 5.91 Å². The normalized spacial score (nSPS) is 19.8. The summed E-state index contributed by atoms with van der Waals surface area (Å²) < 4.78 is 5.20. The molecule has 0 bridgehead atoms. The van der Waals surface area contributed by atoms with Crippen LogP contribution in [0.4, 0.5) is 5.69 Å². The highest BCUT2D eigenvalue weighted by molar-refractivity contribution is 8.14. The van der Waals surface area contributed by atoms with E-state index < -0.39 is 0 Å². The van der Waals surface area contributed by atoms with Gasteiger partial charge in [-0.1, -0.05) is 30.3 Å². The van der Waals surface area contributed by atoms with Crippen molar-refractivity contribution in [3.63, 3.8) is 0 Å². The molecule has 1 aliphatic rings. The molecule has 0 aliphatic carbocycles. The Bertz CT molecular complexity index is 738. The molecule has 1 atom stereocenters. The summed E-state index contributed by atoms with van der Waals surface area (Å²) in [5, 5.41) is 1.67. The molecule has 0 spiro atoms. The van der Waals surface area contributed by atoms with Crippen molar-refractivity contribution >= 4 is 46.2 Å². The summed E-state index contributed by atoms with van der Waals surface area (Å²) in [5.74, 6) is 0.542. The van der Waals surface area contributed by atoms with Gasteiger partial charge in [-0.05, 0) is 42.5 Å². The Kier molecular flexibility index (Phi) is 4.88. The first-order valence-electron chi connectivity index (χ1n) is 7.16. The third kappa shape index (κ3) is 4.06. The zero-order valence-electron chi connectivity index (χ0n) is 12.5. The highest BCUT2D eigenvalue weighted by Gasteiger charge is 2.29. The molecule has 1 fully saturated rings. The van der Waals surface area contributed by atoms with E-state index in [1.54, 1.807) is 53.3 Å². The van der Waals surface area contributed by atoms with Crippen LogP contribution in [0.15, 0.2) is 58.1 Å². The average molecular weight is 347 g/mol. The van der Waals surface area contributed by atoms with Gasteiger partial charge in [0, 0.05) is 22.9 Å². The number of amides is 1. The molecule has 2 aromatic rings. The molecule has 0 saturated carbocycles. The molecule has 0 N–H and O–H groups in total. The number of amidine groups is 1. The minimum Gasteiger partial charge on any atom is -0.465 e. The molecule has 3 rings (SSSR count). The Morgan fingerprint density at radius 2 is 2.17 bits per heavy atom. The van der Waals surface area contributed by atoms with Crippen molar-refractivity contribution in [3.8, 4) is 0 Å².